The quantitative estimate of drug-likeness (QED) is 0.260. The van der Waals surface area contributed by atoms with E-state index in [-0.39, 0.29) is 23.6 Å². The molecule has 1 aliphatic heterocycles. The largest absolute Gasteiger partial charge is 0.505 e. The van der Waals surface area contributed by atoms with Crippen LogP contribution >= 0.6 is 12.6 Å². The molecule has 0 aromatic rings. The number of nitrogens with two attached hydrogens (primary N) is 1. The molecule has 0 aromatic carbocycles. The molecule has 15 heavy (non-hydrogen) atoms. The Morgan fingerprint density at radius 2 is 2.27 bits per heavy atom. The van der Waals surface area contributed by atoms with Crippen LogP contribution < -0.4 is 11.1 Å². The zero-order valence-corrected chi connectivity index (χ0v) is 9.02. The molecule has 0 radical (unpaired) electrons. The van der Waals surface area contributed by atoms with Crippen LogP contribution in [0.15, 0.2) is 11.6 Å². The third kappa shape index (κ3) is 3.16. The molecule has 1 heterocycles. The van der Waals surface area contributed by atoms with Gasteiger partial charge < -0.3 is 31.1 Å². The van der Waals surface area contributed by atoms with E-state index in [1.807, 2.05) is 0 Å². The van der Waals surface area contributed by atoms with Gasteiger partial charge in [0.1, 0.15) is 0 Å². The maximum absolute atomic E-state index is 9.40. The molecule has 0 spiro atoms. The van der Waals surface area contributed by atoms with Gasteiger partial charge in [-0.1, -0.05) is 0 Å². The van der Waals surface area contributed by atoms with Crippen molar-refractivity contribution in [3.05, 3.63) is 11.6 Å². The number of thiol groups is 1. The van der Waals surface area contributed by atoms with Crippen LogP contribution in [0.3, 0.4) is 0 Å². The smallest absolute Gasteiger partial charge is 0.229 e. The number of ether oxygens (including phenoxy) is 1. The Morgan fingerprint density at radius 3 is 2.73 bits per heavy atom. The number of hydrogen-bond acceptors (Lipinski definition) is 7. The summed E-state index contributed by atoms with van der Waals surface area (Å²) in [5, 5.41) is 30.1. The van der Waals surface area contributed by atoms with E-state index in [1.54, 1.807) is 0 Å². The first-order valence-electron chi connectivity index (χ1n) is 4.62. The van der Waals surface area contributed by atoms with Gasteiger partial charge in [-0.15, -0.1) is 0 Å². The van der Waals surface area contributed by atoms with Gasteiger partial charge in [-0.3, -0.25) is 0 Å². The van der Waals surface area contributed by atoms with Crippen molar-refractivity contribution in [3.8, 4) is 0 Å². The third-order valence-corrected chi connectivity index (χ3v) is 2.30. The predicted octanol–water partition coefficient (Wildman–Crippen LogP) is -1.34. The van der Waals surface area contributed by atoms with E-state index in [2.05, 4.69) is 17.9 Å². The van der Waals surface area contributed by atoms with Gasteiger partial charge in [-0.05, 0) is 6.42 Å². The van der Waals surface area contributed by atoms with E-state index >= 15 is 0 Å². The molecule has 0 saturated carbocycles. The lowest BCUT2D eigenvalue weighted by Crippen LogP contribution is -2.28. The molecule has 0 amide bonds. The Balaban J connectivity index is 2.41. The molecule has 6 N–H and O–H groups in total. The zero-order valence-electron chi connectivity index (χ0n) is 8.13. The standard InChI is InChI=1S/C8H16N2O4S/c9-5(15)1-2-10-8-7(13)6(12)4(3-11)14-8/h4-6,10-13,15H,1-3,9H2. The van der Waals surface area contributed by atoms with Crippen LogP contribution in [0.2, 0.25) is 0 Å². The molecule has 1 rings (SSSR count). The minimum Gasteiger partial charge on any atom is -0.505 e. The van der Waals surface area contributed by atoms with E-state index in [0.717, 1.165) is 0 Å². The predicted molar refractivity (Wildman–Crippen MR) is 57.2 cm³/mol. The number of nitrogens with one attached hydrogen (secondary N) is 1. The molecule has 0 aliphatic carbocycles. The van der Waals surface area contributed by atoms with Gasteiger partial charge in [-0.25, -0.2) is 0 Å². The minimum atomic E-state index is -1.18. The second-order valence-electron chi connectivity index (χ2n) is 3.28. The molecule has 3 unspecified atom stereocenters. The van der Waals surface area contributed by atoms with Gasteiger partial charge in [0, 0.05) is 11.9 Å². The van der Waals surface area contributed by atoms with E-state index in [9.17, 15) is 10.2 Å². The van der Waals surface area contributed by atoms with Crippen LogP contribution in [0.4, 0.5) is 0 Å². The van der Waals surface area contributed by atoms with Crippen LogP contribution in [-0.2, 0) is 4.74 Å². The lowest BCUT2D eigenvalue weighted by Gasteiger charge is -2.12. The average molecular weight is 236 g/mol. The van der Waals surface area contributed by atoms with Crippen molar-refractivity contribution in [1.29, 1.82) is 0 Å². The maximum atomic E-state index is 9.40. The highest BCUT2D eigenvalue weighted by molar-refractivity contribution is 7.80. The van der Waals surface area contributed by atoms with E-state index in [0.29, 0.717) is 13.0 Å². The minimum absolute atomic E-state index is 0.0931. The molecular formula is C8H16N2O4S. The summed E-state index contributed by atoms with van der Waals surface area (Å²) < 4.78 is 5.07. The van der Waals surface area contributed by atoms with Crippen molar-refractivity contribution in [2.24, 2.45) is 5.73 Å². The lowest BCUT2D eigenvalue weighted by atomic mass is 10.2. The first-order chi connectivity index (χ1) is 7.06. The number of aliphatic hydroxyl groups is 3. The molecule has 0 aromatic heterocycles. The van der Waals surface area contributed by atoms with Crippen molar-refractivity contribution in [2.45, 2.75) is 24.0 Å². The first-order valence-corrected chi connectivity index (χ1v) is 5.14. The van der Waals surface area contributed by atoms with Crippen LogP contribution in [-0.4, -0.2) is 46.1 Å². The summed E-state index contributed by atoms with van der Waals surface area (Å²) in [6.45, 7) is 0.109. The Kier molecular flexibility index (Phi) is 4.52. The Labute approximate surface area is 93.1 Å². The van der Waals surface area contributed by atoms with Crippen molar-refractivity contribution in [2.75, 3.05) is 13.2 Å². The fourth-order valence-electron chi connectivity index (χ4n) is 1.19. The van der Waals surface area contributed by atoms with Crippen molar-refractivity contribution < 1.29 is 20.1 Å². The highest BCUT2D eigenvalue weighted by Gasteiger charge is 2.35. The molecule has 0 saturated heterocycles. The van der Waals surface area contributed by atoms with Gasteiger partial charge in [0.25, 0.3) is 0 Å². The average Bonchev–Trinajstić information content (AvgIpc) is 2.45. The Hall–Kier alpha value is -0.630. The Bertz CT molecular complexity index is 247. The first kappa shape index (κ1) is 12.4. The normalized spacial score (nSPS) is 27.7. The highest BCUT2D eigenvalue weighted by Crippen LogP contribution is 2.21. The van der Waals surface area contributed by atoms with Crippen molar-refractivity contribution >= 4 is 12.6 Å². The second kappa shape index (κ2) is 5.45. The maximum Gasteiger partial charge on any atom is 0.229 e. The summed E-state index contributed by atoms with van der Waals surface area (Å²) in [6.07, 6.45) is -1.40. The topological polar surface area (TPSA) is 108 Å². The third-order valence-electron chi connectivity index (χ3n) is 2.04. The summed E-state index contributed by atoms with van der Waals surface area (Å²) in [6, 6.07) is 0. The van der Waals surface area contributed by atoms with Gasteiger partial charge in [0.15, 0.2) is 18.0 Å². The number of hydrogen-bond donors (Lipinski definition) is 6. The fraction of sp³-hybridized carbons (Fsp3) is 0.750. The van der Waals surface area contributed by atoms with Gasteiger partial charge >= 0.3 is 0 Å². The van der Waals surface area contributed by atoms with Gasteiger partial charge in [0.2, 0.25) is 5.88 Å². The summed E-state index contributed by atoms with van der Waals surface area (Å²) in [7, 11) is 0. The molecule has 1 aliphatic rings. The van der Waals surface area contributed by atoms with Crippen molar-refractivity contribution in [1.82, 2.24) is 5.32 Å². The molecule has 6 nitrogen and oxygen atoms in total. The van der Waals surface area contributed by atoms with Crippen LogP contribution in [0.25, 0.3) is 0 Å². The van der Waals surface area contributed by atoms with Crippen LogP contribution in [0.1, 0.15) is 6.42 Å². The summed E-state index contributed by atoms with van der Waals surface area (Å²) >= 11 is 3.98. The number of aliphatic hydroxyl groups excluding tert-OH is 3. The fourth-order valence-corrected chi connectivity index (χ4v) is 1.32. The molecule has 7 heteroatoms. The Morgan fingerprint density at radius 1 is 1.60 bits per heavy atom. The highest BCUT2D eigenvalue weighted by atomic mass is 32.1. The monoisotopic (exact) mass is 236 g/mol. The van der Waals surface area contributed by atoms with E-state index in [1.165, 1.54) is 0 Å². The SMILES string of the molecule is NC(S)CCNC1=C(O)C(O)C(CO)O1. The lowest BCUT2D eigenvalue weighted by molar-refractivity contribution is 0.000314. The molecule has 3 atom stereocenters. The van der Waals surface area contributed by atoms with E-state index in [4.69, 9.17) is 15.6 Å². The molecule has 88 valence electrons. The summed E-state index contributed by atoms with van der Waals surface area (Å²) in [4.78, 5) is 0. The molecular weight excluding hydrogens is 220 g/mol. The second-order valence-corrected chi connectivity index (χ2v) is 3.94. The van der Waals surface area contributed by atoms with Gasteiger partial charge in [0.05, 0.1) is 6.61 Å². The van der Waals surface area contributed by atoms with Crippen LogP contribution in [0, 0.1) is 0 Å². The zero-order chi connectivity index (χ0) is 11.4. The number of rotatable bonds is 5. The summed E-state index contributed by atoms with van der Waals surface area (Å²) in [5.74, 6) is -0.197. The molecule has 0 bridgehead atoms. The van der Waals surface area contributed by atoms with Gasteiger partial charge in [-0.2, -0.15) is 12.6 Å². The molecule has 0 fully saturated rings. The van der Waals surface area contributed by atoms with Crippen molar-refractivity contribution in [3.63, 3.8) is 0 Å². The summed E-state index contributed by atoms with van der Waals surface area (Å²) in [5.41, 5.74) is 5.41. The van der Waals surface area contributed by atoms with E-state index < -0.39 is 12.2 Å². The van der Waals surface area contributed by atoms with Crippen LogP contribution in [0.5, 0.6) is 0 Å².